The second-order valence-corrected chi connectivity index (χ2v) is 11.5. The molecule has 0 aliphatic carbocycles. The van der Waals surface area contributed by atoms with Crippen LogP contribution in [0.4, 0.5) is 4.79 Å². The summed E-state index contributed by atoms with van der Waals surface area (Å²) >= 11 is 0. The van der Waals surface area contributed by atoms with Gasteiger partial charge in [0, 0.05) is 30.7 Å². The predicted octanol–water partition coefficient (Wildman–Crippen LogP) is 4.36. The third kappa shape index (κ3) is 5.97. The number of ether oxygens (including phenoxy) is 2. The fourth-order valence-corrected chi connectivity index (χ4v) is 5.93. The highest BCUT2D eigenvalue weighted by Crippen LogP contribution is 2.35. The van der Waals surface area contributed by atoms with E-state index >= 15 is 0 Å². The predicted molar refractivity (Wildman–Crippen MR) is 147 cm³/mol. The molecule has 4 aliphatic heterocycles. The van der Waals surface area contributed by atoms with Crippen LogP contribution in [0.1, 0.15) is 56.0 Å². The van der Waals surface area contributed by atoms with E-state index in [9.17, 15) is 9.59 Å². The molecule has 8 heteroatoms. The van der Waals surface area contributed by atoms with Gasteiger partial charge in [0.15, 0.2) is 0 Å². The number of hydrogen-bond donors (Lipinski definition) is 2. The van der Waals surface area contributed by atoms with Crippen LogP contribution in [0.2, 0.25) is 0 Å². The van der Waals surface area contributed by atoms with Crippen molar-refractivity contribution in [3.63, 3.8) is 0 Å². The molecule has 1 unspecified atom stereocenters. The number of carbonyl (C=O) groups excluding carboxylic acids is 2. The molecule has 2 aromatic carbocycles. The lowest BCUT2D eigenvalue weighted by Gasteiger charge is -2.39. The normalized spacial score (nSPS) is 25.4. The first-order valence-corrected chi connectivity index (χ1v) is 13.8. The summed E-state index contributed by atoms with van der Waals surface area (Å²) in [6, 6.07) is 14.9. The SMILES string of the molecule is CC(C)(NC(=O)NC1(C)CCN2CCC1CC2)c1cccc(Oc2cccc(C(=O)N3CCOCC3)c2)c1. The molecule has 2 N–H and O–H groups in total. The van der Waals surface area contributed by atoms with Crippen molar-refractivity contribution in [3.05, 3.63) is 59.7 Å². The summed E-state index contributed by atoms with van der Waals surface area (Å²) < 4.78 is 11.5. The van der Waals surface area contributed by atoms with Crippen molar-refractivity contribution in [1.82, 2.24) is 20.4 Å². The van der Waals surface area contributed by atoms with Crippen LogP contribution in [0.3, 0.4) is 0 Å². The molecule has 204 valence electrons. The van der Waals surface area contributed by atoms with Gasteiger partial charge in [-0.3, -0.25) is 4.79 Å². The van der Waals surface area contributed by atoms with Crippen LogP contribution >= 0.6 is 0 Å². The second kappa shape index (κ2) is 10.9. The molecule has 38 heavy (non-hydrogen) atoms. The van der Waals surface area contributed by atoms with Crippen LogP contribution < -0.4 is 15.4 Å². The summed E-state index contributed by atoms with van der Waals surface area (Å²) in [7, 11) is 0. The number of nitrogens with one attached hydrogen (secondary N) is 2. The molecule has 0 radical (unpaired) electrons. The number of nitrogens with zero attached hydrogens (tertiary/aromatic N) is 2. The summed E-state index contributed by atoms with van der Waals surface area (Å²) in [5.74, 6) is 1.74. The molecule has 1 atom stereocenters. The van der Waals surface area contributed by atoms with Crippen LogP contribution in [-0.2, 0) is 10.3 Å². The van der Waals surface area contributed by atoms with E-state index in [2.05, 4.69) is 22.5 Å². The zero-order valence-corrected chi connectivity index (χ0v) is 22.8. The minimum absolute atomic E-state index is 0.0171. The lowest BCUT2D eigenvalue weighted by Crippen LogP contribution is -2.57. The van der Waals surface area contributed by atoms with Crippen molar-refractivity contribution in [3.8, 4) is 11.5 Å². The minimum atomic E-state index is -0.611. The summed E-state index contributed by atoms with van der Waals surface area (Å²) in [5, 5.41) is 6.53. The van der Waals surface area contributed by atoms with E-state index in [1.807, 2.05) is 56.3 Å². The van der Waals surface area contributed by atoms with Crippen molar-refractivity contribution in [2.75, 3.05) is 45.9 Å². The quantitative estimate of drug-likeness (QED) is 0.592. The Morgan fingerprint density at radius 3 is 2.39 bits per heavy atom. The Hall–Kier alpha value is -3.10. The Morgan fingerprint density at radius 2 is 1.66 bits per heavy atom. The molecule has 4 aliphatic rings. The van der Waals surface area contributed by atoms with E-state index in [4.69, 9.17) is 9.47 Å². The van der Waals surface area contributed by atoms with E-state index in [0.29, 0.717) is 49.3 Å². The number of carbonyl (C=O) groups is 2. The molecule has 0 spiro atoms. The molecule has 2 aromatic rings. The van der Waals surface area contributed by atoms with E-state index < -0.39 is 5.54 Å². The second-order valence-electron chi connectivity index (χ2n) is 11.5. The molecule has 4 fully saturated rings. The molecule has 8 nitrogen and oxygen atoms in total. The fourth-order valence-electron chi connectivity index (χ4n) is 5.93. The highest BCUT2D eigenvalue weighted by molar-refractivity contribution is 5.94. The van der Waals surface area contributed by atoms with Gasteiger partial charge in [-0.15, -0.1) is 0 Å². The third-order valence-electron chi connectivity index (χ3n) is 8.43. The molecule has 0 aromatic heterocycles. The van der Waals surface area contributed by atoms with E-state index in [-0.39, 0.29) is 17.5 Å². The number of benzene rings is 2. The smallest absolute Gasteiger partial charge is 0.315 e. The summed E-state index contributed by atoms with van der Waals surface area (Å²) in [6.07, 6.45) is 3.25. The highest BCUT2D eigenvalue weighted by atomic mass is 16.5. The molecular weight excluding hydrogens is 480 g/mol. The highest BCUT2D eigenvalue weighted by Gasteiger charge is 2.41. The number of rotatable bonds is 6. The first-order valence-electron chi connectivity index (χ1n) is 13.8. The molecular formula is C30H40N4O4. The van der Waals surface area contributed by atoms with Crippen LogP contribution in [0.15, 0.2) is 48.5 Å². The topological polar surface area (TPSA) is 83.1 Å². The Morgan fingerprint density at radius 1 is 0.974 bits per heavy atom. The van der Waals surface area contributed by atoms with Crippen LogP contribution in [0.5, 0.6) is 11.5 Å². The standard InChI is InChI=1S/C30H40N4O4/c1-29(2,31-28(36)32-30(3)12-15-33-13-10-23(30)11-14-33)24-7-5-9-26(21-24)38-25-8-4-6-22(20-25)27(35)34-16-18-37-19-17-34/h4-9,20-21,23H,10-19H2,1-3H3,(H2,31,32,36). The van der Waals surface area contributed by atoms with E-state index in [1.54, 1.807) is 11.0 Å². The van der Waals surface area contributed by atoms with Gasteiger partial charge in [0.1, 0.15) is 11.5 Å². The maximum Gasteiger partial charge on any atom is 0.315 e. The van der Waals surface area contributed by atoms with Crippen molar-refractivity contribution < 1.29 is 19.1 Å². The van der Waals surface area contributed by atoms with Gasteiger partial charge < -0.3 is 29.9 Å². The van der Waals surface area contributed by atoms with Gasteiger partial charge in [0.2, 0.25) is 0 Å². The summed E-state index contributed by atoms with van der Waals surface area (Å²) in [5.41, 5.74) is 0.723. The van der Waals surface area contributed by atoms with Gasteiger partial charge in [0.25, 0.3) is 5.91 Å². The van der Waals surface area contributed by atoms with Gasteiger partial charge in [-0.05, 0) is 94.9 Å². The zero-order chi connectivity index (χ0) is 26.8. The number of hydrogen-bond acceptors (Lipinski definition) is 5. The van der Waals surface area contributed by atoms with Crippen molar-refractivity contribution in [1.29, 1.82) is 0 Å². The lowest BCUT2D eigenvalue weighted by molar-refractivity contribution is 0.0302. The zero-order valence-electron chi connectivity index (χ0n) is 22.8. The van der Waals surface area contributed by atoms with Crippen LogP contribution in [-0.4, -0.2) is 73.2 Å². The average molecular weight is 521 g/mol. The molecule has 3 amide bonds. The third-order valence-corrected chi connectivity index (χ3v) is 8.43. The first kappa shape index (κ1) is 26.5. The van der Waals surface area contributed by atoms with E-state index in [1.165, 1.54) is 0 Å². The largest absolute Gasteiger partial charge is 0.457 e. The summed E-state index contributed by atoms with van der Waals surface area (Å²) in [4.78, 5) is 30.4. The lowest BCUT2D eigenvalue weighted by atomic mass is 9.79. The van der Waals surface area contributed by atoms with Crippen molar-refractivity contribution >= 4 is 11.9 Å². The van der Waals surface area contributed by atoms with Gasteiger partial charge in [-0.1, -0.05) is 18.2 Å². The maximum absolute atomic E-state index is 13.2. The number of urea groups is 1. The molecule has 6 rings (SSSR count). The molecule has 0 saturated carbocycles. The Balaban J connectivity index is 1.24. The number of fused-ring (bicyclic) bond motifs is 4. The van der Waals surface area contributed by atoms with Gasteiger partial charge in [-0.25, -0.2) is 4.79 Å². The summed E-state index contributed by atoms with van der Waals surface area (Å²) in [6.45, 7) is 11.8. The van der Waals surface area contributed by atoms with Crippen molar-refractivity contribution in [2.24, 2.45) is 5.92 Å². The first-order chi connectivity index (χ1) is 18.2. The number of piperidine rings is 1. The number of amides is 3. The van der Waals surface area contributed by atoms with Gasteiger partial charge >= 0.3 is 6.03 Å². The van der Waals surface area contributed by atoms with Crippen LogP contribution in [0, 0.1) is 5.92 Å². The van der Waals surface area contributed by atoms with Gasteiger partial charge in [-0.2, -0.15) is 0 Å². The Bertz CT molecular complexity index is 1150. The monoisotopic (exact) mass is 520 g/mol. The minimum Gasteiger partial charge on any atom is -0.457 e. The Kier molecular flexibility index (Phi) is 7.63. The Labute approximate surface area is 225 Å². The molecule has 4 saturated heterocycles. The fraction of sp³-hybridized carbons (Fsp3) is 0.533. The van der Waals surface area contributed by atoms with Crippen molar-refractivity contribution in [2.45, 2.75) is 51.1 Å². The number of morpholine rings is 1. The van der Waals surface area contributed by atoms with Crippen LogP contribution in [0.25, 0.3) is 0 Å². The van der Waals surface area contributed by atoms with E-state index in [0.717, 1.165) is 44.5 Å². The average Bonchev–Trinajstić information content (AvgIpc) is 3.16. The maximum atomic E-state index is 13.2. The van der Waals surface area contributed by atoms with Gasteiger partial charge in [0.05, 0.1) is 18.8 Å². The molecule has 2 bridgehead atoms. The molecule has 4 heterocycles.